The monoisotopic (exact) mass is 502 g/mol. The van der Waals surface area contributed by atoms with Crippen molar-refractivity contribution < 1.29 is 26.3 Å². The third kappa shape index (κ3) is 3.06. The van der Waals surface area contributed by atoms with Gasteiger partial charge in [0.25, 0.3) is 0 Å². The highest BCUT2D eigenvalue weighted by atomic mass is 32.1. The number of hydrogen-bond donors (Lipinski definition) is 0. The van der Waals surface area contributed by atoms with E-state index < -0.39 is 86.2 Å². The van der Waals surface area contributed by atoms with Crippen LogP contribution in [-0.4, -0.2) is 9.97 Å². The molecule has 6 nitrogen and oxygen atoms in total. The number of halogens is 6. The molecule has 0 amide bonds. The third-order valence-electron chi connectivity index (χ3n) is 4.46. The van der Waals surface area contributed by atoms with Crippen LogP contribution in [0.5, 0.6) is 0 Å². The number of nitrogens with zero attached hydrogens (tertiary/aromatic N) is 6. The van der Waals surface area contributed by atoms with Crippen molar-refractivity contribution in [3.05, 3.63) is 54.7 Å². The van der Waals surface area contributed by atoms with E-state index in [1.54, 1.807) is 0 Å². The van der Waals surface area contributed by atoms with E-state index in [-0.39, 0.29) is 22.7 Å². The van der Waals surface area contributed by atoms with Gasteiger partial charge in [0.2, 0.25) is 0 Å². The first kappa shape index (κ1) is 22.7. The van der Waals surface area contributed by atoms with Gasteiger partial charge in [-0.15, -0.1) is 22.7 Å². The Balaban J connectivity index is 2.37. The molecule has 0 saturated heterocycles. The fraction of sp³-hybridized carbons (Fsp3) is 0. The molecule has 0 atom stereocenters. The largest absolute Gasteiger partial charge is 0.231 e. The number of aromatic nitrogens is 2. The van der Waals surface area contributed by atoms with E-state index in [4.69, 9.17) is 21.0 Å². The van der Waals surface area contributed by atoms with Gasteiger partial charge in [0.05, 0.1) is 19.8 Å². The number of hydrogen-bond acceptors (Lipinski definition) is 8. The summed E-state index contributed by atoms with van der Waals surface area (Å²) in [6, 6.07) is 5.75. The van der Waals surface area contributed by atoms with Crippen LogP contribution < -0.4 is 9.33 Å². The number of fused-ring (bicyclic) bond motifs is 2. The quantitative estimate of drug-likeness (QED) is 0.268. The molecule has 0 spiro atoms. The standard InChI is InChI=1S/C20F6N6S2/c21-9-7(11(23)17-15(13(9)25)31-19(33-17)5(1-27)2-28)8-10(22)14(26)16-18(12(8)24)34-20(32-16)6(3-29)4-30/b8-7+. The summed E-state index contributed by atoms with van der Waals surface area (Å²) in [6.07, 6.45) is 0. The molecule has 2 heterocycles. The van der Waals surface area contributed by atoms with Gasteiger partial charge in [-0.1, -0.05) is 0 Å². The van der Waals surface area contributed by atoms with Crippen molar-refractivity contribution in [2.75, 3.05) is 0 Å². The van der Waals surface area contributed by atoms with Gasteiger partial charge in [0.1, 0.15) is 44.6 Å². The Bertz CT molecular complexity index is 1810. The van der Waals surface area contributed by atoms with Crippen molar-refractivity contribution in [1.29, 1.82) is 21.0 Å². The summed E-state index contributed by atoms with van der Waals surface area (Å²) >= 11 is 0.496. The van der Waals surface area contributed by atoms with Crippen molar-refractivity contribution in [2.24, 2.45) is 0 Å². The van der Waals surface area contributed by atoms with Crippen molar-refractivity contribution >= 4 is 54.3 Å². The van der Waals surface area contributed by atoms with Crippen LogP contribution in [-0.2, 0) is 0 Å². The van der Waals surface area contributed by atoms with E-state index in [1.807, 2.05) is 0 Å². The highest BCUT2D eigenvalue weighted by molar-refractivity contribution is 7.17. The SMILES string of the molecule is N#CC(C#N)=c1nc2c(F)c(F)/c(=c3/c(F)c(F)c4nc(=C(C#N)C#N)sc4c3F)c(F)c2s1. The minimum atomic E-state index is -2.10. The Morgan fingerprint density at radius 1 is 0.529 bits per heavy atom. The molecule has 0 unspecified atom stereocenters. The molecule has 2 aromatic carbocycles. The Kier molecular flexibility index (Phi) is 5.42. The lowest BCUT2D eigenvalue weighted by Crippen LogP contribution is -2.03. The first-order valence-corrected chi connectivity index (χ1v) is 10.1. The minimum Gasteiger partial charge on any atom is -0.231 e. The maximum Gasteiger partial charge on any atom is 0.186 e. The van der Waals surface area contributed by atoms with Crippen LogP contribution in [0.25, 0.3) is 31.6 Å². The van der Waals surface area contributed by atoms with Crippen molar-refractivity contribution in [3.8, 4) is 24.3 Å². The van der Waals surface area contributed by atoms with E-state index in [0.29, 0.717) is 0 Å². The zero-order valence-corrected chi connectivity index (χ0v) is 17.4. The first-order chi connectivity index (χ1) is 16.2. The summed E-state index contributed by atoms with van der Waals surface area (Å²) < 4.78 is 87.1. The molecule has 0 radical (unpaired) electrons. The van der Waals surface area contributed by atoms with Crippen molar-refractivity contribution in [1.82, 2.24) is 9.97 Å². The molecule has 0 fully saturated rings. The Hall–Kier alpha value is -4.50. The van der Waals surface area contributed by atoms with E-state index in [2.05, 4.69) is 9.97 Å². The molecule has 2 aromatic heterocycles. The molecule has 0 aliphatic rings. The van der Waals surface area contributed by atoms with Gasteiger partial charge in [-0.05, 0) is 0 Å². The second-order valence-electron chi connectivity index (χ2n) is 6.22. The second kappa shape index (κ2) is 8.13. The van der Waals surface area contributed by atoms with Gasteiger partial charge < -0.3 is 0 Å². The van der Waals surface area contributed by atoms with Gasteiger partial charge in [-0.2, -0.15) is 21.0 Å². The average molecular weight is 502 g/mol. The highest BCUT2D eigenvalue weighted by Gasteiger charge is 2.26. The fourth-order valence-electron chi connectivity index (χ4n) is 2.98. The van der Waals surface area contributed by atoms with Crippen LogP contribution in [0.4, 0.5) is 26.3 Å². The third-order valence-corrected chi connectivity index (χ3v) is 6.59. The zero-order valence-electron chi connectivity index (χ0n) is 15.8. The lowest BCUT2D eigenvalue weighted by molar-refractivity contribution is 0.479. The minimum absolute atomic E-state index is 0.248. The highest BCUT2D eigenvalue weighted by Crippen LogP contribution is 2.31. The maximum atomic E-state index is 15.2. The molecule has 34 heavy (non-hydrogen) atoms. The smallest absolute Gasteiger partial charge is 0.186 e. The van der Waals surface area contributed by atoms with Crippen molar-refractivity contribution in [3.63, 3.8) is 0 Å². The number of thiazole rings is 2. The fourth-order valence-corrected chi connectivity index (χ4v) is 4.87. The molecule has 0 aliphatic carbocycles. The van der Waals surface area contributed by atoms with Crippen LogP contribution in [0.15, 0.2) is 0 Å². The molecule has 0 saturated carbocycles. The van der Waals surface area contributed by atoms with E-state index in [9.17, 15) is 17.6 Å². The molecular weight excluding hydrogens is 502 g/mol. The topological polar surface area (TPSA) is 121 Å². The molecule has 0 aliphatic heterocycles. The molecule has 0 N–H and O–H groups in total. The lowest BCUT2D eigenvalue weighted by atomic mass is 10.1. The van der Waals surface area contributed by atoms with E-state index >= 15 is 8.78 Å². The van der Waals surface area contributed by atoms with Gasteiger partial charge in [0, 0.05) is 0 Å². The molecule has 14 heteroatoms. The van der Waals surface area contributed by atoms with Crippen LogP contribution in [0.1, 0.15) is 0 Å². The number of rotatable bonds is 0. The lowest BCUT2D eigenvalue weighted by Gasteiger charge is -2.03. The van der Waals surface area contributed by atoms with Crippen LogP contribution in [0.2, 0.25) is 0 Å². The molecule has 0 bridgehead atoms. The first-order valence-electron chi connectivity index (χ1n) is 8.49. The summed E-state index contributed by atoms with van der Waals surface area (Å²) in [6.45, 7) is 0. The predicted molar refractivity (Wildman–Crippen MR) is 105 cm³/mol. The van der Waals surface area contributed by atoms with Gasteiger partial charge in [0.15, 0.2) is 46.0 Å². The molecule has 164 valence electrons. The normalized spacial score (nSPS) is 11.6. The van der Waals surface area contributed by atoms with Gasteiger partial charge in [-0.25, -0.2) is 36.3 Å². The summed E-state index contributed by atoms with van der Waals surface area (Å²) in [4.78, 5) is 7.03. The van der Waals surface area contributed by atoms with E-state index in [1.165, 1.54) is 24.3 Å². The average Bonchev–Trinajstić information content (AvgIpc) is 3.46. The maximum absolute atomic E-state index is 15.2. The van der Waals surface area contributed by atoms with Crippen LogP contribution >= 0.6 is 22.7 Å². The number of nitriles is 4. The summed E-state index contributed by atoms with van der Waals surface area (Å²) in [7, 11) is 0. The Morgan fingerprint density at radius 3 is 1.15 bits per heavy atom. The summed E-state index contributed by atoms with van der Waals surface area (Å²) in [5.41, 5.74) is -3.17. The summed E-state index contributed by atoms with van der Waals surface area (Å²) in [5.74, 6) is -11.3. The zero-order chi connectivity index (χ0) is 24.9. The predicted octanol–water partition coefficient (Wildman–Crippen LogP) is 3.42. The molecule has 4 aromatic rings. The van der Waals surface area contributed by atoms with Crippen LogP contribution in [0, 0.1) is 90.7 Å². The Labute approximate surface area is 190 Å². The molecular formula is C20F6N6S2. The number of benzene rings is 2. The van der Waals surface area contributed by atoms with Crippen LogP contribution in [0.3, 0.4) is 0 Å². The van der Waals surface area contributed by atoms with E-state index in [0.717, 1.165) is 0 Å². The summed E-state index contributed by atoms with van der Waals surface area (Å²) in [5, 5.41) is 32.5. The Morgan fingerprint density at radius 2 is 0.853 bits per heavy atom. The van der Waals surface area contributed by atoms with Gasteiger partial charge >= 0.3 is 0 Å². The molecule has 4 rings (SSSR count). The van der Waals surface area contributed by atoms with Crippen molar-refractivity contribution in [2.45, 2.75) is 0 Å². The van der Waals surface area contributed by atoms with Gasteiger partial charge in [-0.3, -0.25) is 0 Å². The second-order valence-corrected chi connectivity index (χ2v) is 8.22.